The molecule has 1 N–H and O–H groups in total. The number of hydrogen-bond donors (Lipinski definition) is 1. The molecule has 3 aromatic rings. The minimum atomic E-state index is -1.06. The van der Waals surface area contributed by atoms with Crippen molar-refractivity contribution in [3.63, 3.8) is 0 Å². The minimum absolute atomic E-state index is 0.0127. The SMILES string of the molecule is C=C(F)C(=O)N1CCN(c2nc(OC[C@@H]3CCC(=O)N3)nc3c2COC(c2cccc4cccc(Cl)c24)C3)C[C@@H]1CC#N. The van der Waals surface area contributed by atoms with Crippen LogP contribution in [-0.4, -0.2) is 65.0 Å². The van der Waals surface area contributed by atoms with E-state index in [0.717, 1.165) is 27.6 Å². The fourth-order valence-electron chi connectivity index (χ4n) is 6.08. The molecule has 0 aliphatic carbocycles. The quantitative estimate of drug-likeness (QED) is 0.399. The van der Waals surface area contributed by atoms with Gasteiger partial charge in [0, 0.05) is 48.4 Å². The summed E-state index contributed by atoms with van der Waals surface area (Å²) in [5.74, 6) is -1.30. The predicted molar refractivity (Wildman–Crippen MR) is 157 cm³/mol. The molecule has 0 saturated carbocycles. The number of nitriles is 1. The Morgan fingerprint density at radius 2 is 2.07 bits per heavy atom. The van der Waals surface area contributed by atoms with Gasteiger partial charge in [-0.3, -0.25) is 9.59 Å². The molecule has 1 aromatic heterocycles. The summed E-state index contributed by atoms with van der Waals surface area (Å²) in [4.78, 5) is 37.0. The Hall–Kier alpha value is -4.27. The van der Waals surface area contributed by atoms with Crippen LogP contribution in [0.25, 0.3) is 10.8 Å². The molecular formula is C31H30ClFN6O4. The van der Waals surface area contributed by atoms with Crippen molar-refractivity contribution in [1.29, 1.82) is 5.26 Å². The van der Waals surface area contributed by atoms with Gasteiger partial charge in [-0.15, -0.1) is 0 Å². The van der Waals surface area contributed by atoms with E-state index in [9.17, 15) is 19.2 Å². The first-order chi connectivity index (χ1) is 20.8. The largest absolute Gasteiger partial charge is 0.461 e. The van der Waals surface area contributed by atoms with Gasteiger partial charge in [0.2, 0.25) is 5.91 Å². The zero-order chi connectivity index (χ0) is 30.1. The van der Waals surface area contributed by atoms with Gasteiger partial charge >= 0.3 is 6.01 Å². The molecule has 2 saturated heterocycles. The van der Waals surface area contributed by atoms with Crippen molar-refractivity contribution in [1.82, 2.24) is 20.2 Å². The first-order valence-electron chi connectivity index (χ1n) is 14.2. The maximum atomic E-state index is 13.8. The van der Waals surface area contributed by atoms with Gasteiger partial charge in [-0.1, -0.05) is 48.5 Å². The third-order valence-electron chi connectivity index (χ3n) is 8.19. The third-order valence-corrected chi connectivity index (χ3v) is 8.51. The number of halogens is 2. The molecule has 12 heteroatoms. The molecule has 2 aromatic carbocycles. The van der Waals surface area contributed by atoms with E-state index < -0.39 is 17.8 Å². The number of ether oxygens (including phenoxy) is 2. The van der Waals surface area contributed by atoms with E-state index in [2.05, 4.69) is 18.0 Å². The number of aromatic nitrogens is 2. The Labute approximate surface area is 253 Å². The summed E-state index contributed by atoms with van der Waals surface area (Å²) in [5, 5.41) is 14.9. The van der Waals surface area contributed by atoms with Crippen LogP contribution in [0.2, 0.25) is 5.02 Å². The zero-order valence-corrected chi connectivity index (χ0v) is 24.1. The lowest BCUT2D eigenvalue weighted by molar-refractivity contribution is -0.131. The highest BCUT2D eigenvalue weighted by Gasteiger charge is 2.35. The van der Waals surface area contributed by atoms with Crippen molar-refractivity contribution in [2.45, 2.75) is 50.5 Å². The first kappa shape index (κ1) is 28.8. The smallest absolute Gasteiger partial charge is 0.318 e. The highest BCUT2D eigenvalue weighted by Crippen LogP contribution is 2.39. The first-order valence-corrected chi connectivity index (χ1v) is 14.6. The second kappa shape index (κ2) is 12.1. The molecule has 222 valence electrons. The molecule has 3 aliphatic rings. The van der Waals surface area contributed by atoms with Gasteiger partial charge in [0.05, 0.1) is 43.0 Å². The van der Waals surface area contributed by atoms with Crippen molar-refractivity contribution < 1.29 is 23.5 Å². The summed E-state index contributed by atoms with van der Waals surface area (Å²) in [6.07, 6.45) is 1.25. The van der Waals surface area contributed by atoms with E-state index in [-0.39, 0.29) is 56.8 Å². The number of carbonyl (C=O) groups is 2. The van der Waals surface area contributed by atoms with Crippen molar-refractivity contribution in [2.75, 3.05) is 31.1 Å². The molecule has 0 bridgehead atoms. The second-order valence-corrected chi connectivity index (χ2v) is 11.3. The van der Waals surface area contributed by atoms with Gasteiger partial charge < -0.3 is 24.6 Å². The minimum Gasteiger partial charge on any atom is -0.461 e. The fourth-order valence-corrected chi connectivity index (χ4v) is 6.37. The number of hydrogen-bond acceptors (Lipinski definition) is 8. The second-order valence-electron chi connectivity index (χ2n) is 10.9. The van der Waals surface area contributed by atoms with E-state index in [1.54, 1.807) is 0 Å². The van der Waals surface area contributed by atoms with Crippen LogP contribution in [0.5, 0.6) is 6.01 Å². The Kier molecular flexibility index (Phi) is 8.15. The number of nitrogens with zero attached hydrogens (tertiary/aromatic N) is 5. The van der Waals surface area contributed by atoms with E-state index in [1.165, 1.54) is 4.90 Å². The lowest BCUT2D eigenvalue weighted by Crippen LogP contribution is -2.55. The van der Waals surface area contributed by atoms with Crippen LogP contribution in [0, 0.1) is 11.3 Å². The monoisotopic (exact) mass is 604 g/mol. The molecule has 43 heavy (non-hydrogen) atoms. The highest BCUT2D eigenvalue weighted by molar-refractivity contribution is 6.35. The van der Waals surface area contributed by atoms with Crippen LogP contribution in [0.3, 0.4) is 0 Å². The Bertz CT molecular complexity index is 1640. The van der Waals surface area contributed by atoms with Gasteiger partial charge in [-0.05, 0) is 23.4 Å². The average Bonchev–Trinajstić information content (AvgIpc) is 3.43. The average molecular weight is 605 g/mol. The van der Waals surface area contributed by atoms with Gasteiger partial charge in [0.25, 0.3) is 5.91 Å². The number of anilines is 1. The van der Waals surface area contributed by atoms with Crippen molar-refractivity contribution >= 4 is 40.0 Å². The van der Waals surface area contributed by atoms with Gasteiger partial charge in [0.1, 0.15) is 12.4 Å². The Morgan fingerprint density at radius 1 is 1.26 bits per heavy atom. The van der Waals surface area contributed by atoms with E-state index in [4.69, 9.17) is 31.0 Å². The van der Waals surface area contributed by atoms with Crippen LogP contribution in [0.1, 0.15) is 42.2 Å². The number of piperazine rings is 1. The standard InChI is InChI=1S/C31H30ClFN6O4/c1-18(33)30(41)39-13-12-38(15-21(39)10-11-34)29-23-17-42-26(22-6-2-4-19-5-3-7-24(32)28(19)22)14-25(23)36-31(37-29)43-16-20-8-9-27(40)35-20/h2-7,20-21,26H,1,8-10,12-17H2,(H,35,40)/t20-,21-,26?/m0/s1. The normalized spacial score (nSPS) is 21.7. The van der Waals surface area contributed by atoms with Crippen LogP contribution in [0.4, 0.5) is 10.2 Å². The molecule has 3 aliphatic heterocycles. The lowest BCUT2D eigenvalue weighted by atomic mass is 9.94. The topological polar surface area (TPSA) is 121 Å². The van der Waals surface area contributed by atoms with Crippen LogP contribution < -0.4 is 15.0 Å². The summed E-state index contributed by atoms with van der Waals surface area (Å²) in [5.41, 5.74) is 2.50. The van der Waals surface area contributed by atoms with Crippen molar-refractivity contribution in [3.8, 4) is 12.1 Å². The van der Waals surface area contributed by atoms with Crippen LogP contribution in [-0.2, 0) is 27.4 Å². The summed E-state index contributed by atoms with van der Waals surface area (Å²) in [6, 6.07) is 13.4. The van der Waals surface area contributed by atoms with Crippen LogP contribution >= 0.6 is 11.6 Å². The Balaban J connectivity index is 1.33. The lowest BCUT2D eigenvalue weighted by Gasteiger charge is -2.42. The van der Waals surface area contributed by atoms with Crippen molar-refractivity contribution in [2.24, 2.45) is 0 Å². The number of carbonyl (C=O) groups excluding carboxylic acids is 2. The molecule has 0 spiro atoms. The van der Waals surface area contributed by atoms with Gasteiger partial charge in [-0.25, -0.2) is 4.39 Å². The molecule has 10 nitrogen and oxygen atoms in total. The Morgan fingerprint density at radius 3 is 2.81 bits per heavy atom. The van der Waals surface area contributed by atoms with Crippen molar-refractivity contribution in [3.05, 3.63) is 70.6 Å². The van der Waals surface area contributed by atoms with Gasteiger partial charge in [0.15, 0.2) is 5.83 Å². The fraction of sp³-hybridized carbons (Fsp3) is 0.387. The number of benzene rings is 2. The number of nitrogens with one attached hydrogen (secondary N) is 1. The molecule has 6 rings (SSSR count). The summed E-state index contributed by atoms with van der Waals surface area (Å²) in [6.45, 7) is 4.39. The van der Waals surface area contributed by atoms with Crippen LogP contribution in [0.15, 0.2) is 48.8 Å². The maximum Gasteiger partial charge on any atom is 0.318 e. The summed E-state index contributed by atoms with van der Waals surface area (Å²) < 4.78 is 26.2. The molecular weight excluding hydrogens is 575 g/mol. The third kappa shape index (κ3) is 5.85. The number of fused-ring (bicyclic) bond motifs is 2. The number of rotatable bonds is 7. The number of amides is 2. The molecule has 0 radical (unpaired) electrons. The van der Waals surface area contributed by atoms with E-state index >= 15 is 0 Å². The maximum absolute atomic E-state index is 13.8. The highest BCUT2D eigenvalue weighted by atomic mass is 35.5. The summed E-state index contributed by atoms with van der Waals surface area (Å²) >= 11 is 6.62. The molecule has 3 atom stereocenters. The summed E-state index contributed by atoms with van der Waals surface area (Å²) in [7, 11) is 0. The molecule has 2 amide bonds. The molecule has 2 fully saturated rings. The predicted octanol–water partition coefficient (Wildman–Crippen LogP) is 4.17. The molecule has 1 unspecified atom stereocenters. The van der Waals surface area contributed by atoms with E-state index in [0.29, 0.717) is 36.6 Å². The van der Waals surface area contributed by atoms with E-state index in [1.807, 2.05) is 41.3 Å². The van der Waals surface area contributed by atoms with Gasteiger partial charge in [-0.2, -0.15) is 15.2 Å². The molecule has 4 heterocycles. The zero-order valence-electron chi connectivity index (χ0n) is 23.4.